The van der Waals surface area contributed by atoms with E-state index in [1.165, 1.54) is 31.4 Å². The molecule has 1 saturated heterocycles. The number of carboxylic acid groups (broad SMARTS) is 1. The van der Waals surface area contributed by atoms with Gasteiger partial charge in [0.1, 0.15) is 35.5 Å². The van der Waals surface area contributed by atoms with Crippen LogP contribution in [0.2, 0.25) is 0 Å². The van der Waals surface area contributed by atoms with Crippen LogP contribution in [0.3, 0.4) is 0 Å². The first-order valence-corrected chi connectivity index (χ1v) is 18.5. The van der Waals surface area contributed by atoms with Gasteiger partial charge in [0.2, 0.25) is 24.1 Å². The summed E-state index contributed by atoms with van der Waals surface area (Å²) in [4.78, 5) is 65.3. The number of amides is 4. The van der Waals surface area contributed by atoms with Crippen LogP contribution in [0.5, 0.6) is 5.75 Å². The second-order valence-corrected chi connectivity index (χ2v) is 15.6. The second kappa shape index (κ2) is 18.9. The highest BCUT2D eigenvalue weighted by atomic mass is 32.2. The monoisotopic (exact) mass is 788 g/mol. The maximum absolute atomic E-state index is 14.4. The van der Waals surface area contributed by atoms with Crippen molar-refractivity contribution in [3.63, 3.8) is 0 Å². The van der Waals surface area contributed by atoms with Crippen molar-refractivity contribution in [2.45, 2.75) is 81.7 Å². The van der Waals surface area contributed by atoms with Gasteiger partial charge in [-0.15, -0.1) is 0 Å². The molecule has 4 amide bonds. The molecule has 14 nitrogen and oxygen atoms in total. The van der Waals surface area contributed by atoms with Gasteiger partial charge in [-0.3, -0.25) is 14.4 Å². The van der Waals surface area contributed by atoms with Crippen molar-refractivity contribution >= 4 is 39.6 Å². The third kappa shape index (κ3) is 11.3. The summed E-state index contributed by atoms with van der Waals surface area (Å²) in [5.41, 5.74) is -1.24. The van der Waals surface area contributed by atoms with E-state index < -0.39 is 130 Å². The predicted molar refractivity (Wildman–Crippen MR) is 185 cm³/mol. The number of nitrogens with one attached hydrogen (secondary N) is 3. The van der Waals surface area contributed by atoms with E-state index in [9.17, 15) is 50.0 Å². The maximum atomic E-state index is 14.4. The van der Waals surface area contributed by atoms with Crippen LogP contribution in [0.4, 0.5) is 22.4 Å². The van der Waals surface area contributed by atoms with E-state index in [1.54, 1.807) is 27.7 Å². The summed E-state index contributed by atoms with van der Waals surface area (Å²) in [5.74, 6) is -7.65. The topological polar surface area (TPSA) is 198 Å². The number of nitrogens with zero attached hydrogens (tertiary/aromatic N) is 1. The van der Waals surface area contributed by atoms with Gasteiger partial charge in [0.05, 0.1) is 29.4 Å². The summed E-state index contributed by atoms with van der Waals surface area (Å²) >= 11 is 0. The van der Waals surface area contributed by atoms with E-state index in [-0.39, 0.29) is 23.2 Å². The number of hydrogen-bond acceptors (Lipinski definition) is 9. The molecule has 2 aromatic carbocycles. The standard InChI is InChI=1S/C35H44F4N4O10S/c1-18(2)17-53-35(49)42-30(19(3)4)33(46)43-16-23(54(50,51)22-8-6-7-21(13-22)52-5)14-28(43)32(45)41-27(15-29(38)39)31(44)40-10-9-24-25(36)11-20(34(47)48)12-26(24)37/h6-8,11-13,18-19,23,27-30H,9-10,14-17H2,1-5H3,(H,40,44)(H,41,45)(H,42,49)(H,47,48)/t23-,27+,28+,30+/m1/s1. The van der Waals surface area contributed by atoms with Gasteiger partial charge < -0.3 is 35.4 Å². The Hall–Kier alpha value is -4.94. The van der Waals surface area contributed by atoms with Gasteiger partial charge in [-0.05, 0) is 55.0 Å². The Morgan fingerprint density at radius 1 is 1.00 bits per heavy atom. The Morgan fingerprint density at radius 2 is 1.65 bits per heavy atom. The van der Waals surface area contributed by atoms with E-state index in [1.807, 2.05) is 0 Å². The zero-order valence-corrected chi connectivity index (χ0v) is 31.1. The maximum Gasteiger partial charge on any atom is 0.407 e. The molecule has 4 N–H and O–H groups in total. The number of aromatic carboxylic acids is 1. The molecule has 0 aliphatic carbocycles. The molecular formula is C35H44F4N4O10S. The molecule has 0 radical (unpaired) electrons. The van der Waals surface area contributed by atoms with E-state index in [2.05, 4.69) is 16.0 Å². The number of alkyl halides is 2. The van der Waals surface area contributed by atoms with Gasteiger partial charge >= 0.3 is 12.1 Å². The lowest BCUT2D eigenvalue weighted by molar-refractivity contribution is -0.141. The van der Waals surface area contributed by atoms with Crippen LogP contribution in [0.25, 0.3) is 0 Å². The molecule has 0 spiro atoms. The van der Waals surface area contributed by atoms with Crippen LogP contribution < -0.4 is 20.7 Å². The zero-order chi connectivity index (χ0) is 40.5. The highest BCUT2D eigenvalue weighted by Gasteiger charge is 2.48. The summed E-state index contributed by atoms with van der Waals surface area (Å²) in [7, 11) is -2.94. The number of ether oxygens (including phenoxy) is 2. The van der Waals surface area contributed by atoms with Crippen LogP contribution in [0.15, 0.2) is 41.3 Å². The van der Waals surface area contributed by atoms with Crippen molar-refractivity contribution in [3.8, 4) is 5.75 Å². The quantitative estimate of drug-likeness (QED) is 0.173. The van der Waals surface area contributed by atoms with Crippen molar-refractivity contribution in [2.24, 2.45) is 11.8 Å². The Bertz CT molecular complexity index is 1790. The first-order chi connectivity index (χ1) is 25.3. The highest BCUT2D eigenvalue weighted by Crippen LogP contribution is 2.31. The van der Waals surface area contributed by atoms with Crippen molar-refractivity contribution in [1.82, 2.24) is 20.9 Å². The number of halogens is 4. The summed E-state index contributed by atoms with van der Waals surface area (Å²) in [6, 6.07) is 1.74. The molecule has 3 rings (SSSR count). The molecule has 1 fully saturated rings. The number of sulfone groups is 1. The zero-order valence-electron chi connectivity index (χ0n) is 30.2. The predicted octanol–water partition coefficient (Wildman–Crippen LogP) is 3.32. The van der Waals surface area contributed by atoms with Crippen molar-refractivity contribution in [2.75, 3.05) is 26.8 Å². The van der Waals surface area contributed by atoms with Crippen molar-refractivity contribution < 1.29 is 64.5 Å². The first kappa shape index (κ1) is 43.5. The number of rotatable bonds is 17. The first-order valence-electron chi connectivity index (χ1n) is 17.0. The number of likely N-dealkylation sites (tertiary alicyclic amines) is 1. The molecule has 1 aliphatic rings. The molecule has 4 atom stereocenters. The molecule has 2 aromatic rings. The fourth-order valence-corrected chi connectivity index (χ4v) is 7.39. The van der Waals surface area contributed by atoms with Gasteiger partial charge in [0, 0.05) is 25.1 Å². The lowest BCUT2D eigenvalue weighted by Gasteiger charge is -2.31. The highest BCUT2D eigenvalue weighted by molar-refractivity contribution is 7.92. The van der Waals surface area contributed by atoms with Crippen LogP contribution in [0, 0.1) is 23.5 Å². The summed E-state index contributed by atoms with van der Waals surface area (Å²) in [6.07, 6.45) is -6.35. The van der Waals surface area contributed by atoms with E-state index in [0.29, 0.717) is 12.1 Å². The molecule has 0 aromatic heterocycles. The smallest absolute Gasteiger partial charge is 0.407 e. The SMILES string of the molecule is COc1cccc(S(=O)(=O)[C@@H]2C[C@@H](C(=O)N[C@@H](CC(F)F)C(=O)NCCc3c(F)cc(C(=O)O)cc3F)N(C(=O)[C@@H](NC(=O)OCC(C)C)C(C)C)C2)c1. The third-order valence-corrected chi connectivity index (χ3v) is 10.7. The minimum absolute atomic E-state index is 0.0227. The summed E-state index contributed by atoms with van der Waals surface area (Å²) in [6.45, 7) is 5.71. The largest absolute Gasteiger partial charge is 0.497 e. The summed E-state index contributed by atoms with van der Waals surface area (Å²) < 4.78 is 94.1. The normalized spacial score (nSPS) is 16.9. The molecule has 0 unspecified atom stereocenters. The number of carbonyl (C=O) groups is 5. The van der Waals surface area contributed by atoms with Crippen LogP contribution >= 0.6 is 0 Å². The molecule has 0 bridgehead atoms. The number of carboxylic acids is 1. The van der Waals surface area contributed by atoms with Gasteiger partial charge in [0.25, 0.3) is 0 Å². The third-order valence-electron chi connectivity index (χ3n) is 8.52. The molecule has 0 saturated carbocycles. The van der Waals surface area contributed by atoms with Crippen molar-refractivity contribution in [1.29, 1.82) is 0 Å². The Morgan fingerprint density at radius 3 is 2.20 bits per heavy atom. The molecular weight excluding hydrogens is 744 g/mol. The molecule has 54 heavy (non-hydrogen) atoms. The molecule has 1 heterocycles. The second-order valence-electron chi connectivity index (χ2n) is 13.4. The van der Waals surface area contributed by atoms with Crippen LogP contribution in [-0.4, -0.2) is 105 Å². The fourth-order valence-electron chi connectivity index (χ4n) is 5.67. The van der Waals surface area contributed by atoms with E-state index in [0.717, 1.165) is 4.90 Å². The average molecular weight is 789 g/mol. The minimum atomic E-state index is -4.27. The van der Waals surface area contributed by atoms with Gasteiger partial charge in [-0.25, -0.2) is 35.6 Å². The number of methoxy groups -OCH3 is 1. The lowest BCUT2D eigenvalue weighted by Crippen LogP contribution is -2.57. The summed E-state index contributed by atoms with van der Waals surface area (Å²) in [5, 5.41) is 14.4. The van der Waals surface area contributed by atoms with Gasteiger partial charge in [0.15, 0.2) is 9.84 Å². The minimum Gasteiger partial charge on any atom is -0.497 e. The molecule has 298 valence electrons. The Balaban J connectivity index is 1.89. The van der Waals surface area contributed by atoms with Crippen LogP contribution in [0.1, 0.15) is 56.5 Å². The van der Waals surface area contributed by atoms with E-state index >= 15 is 0 Å². The van der Waals surface area contributed by atoms with Gasteiger partial charge in [-0.2, -0.15) is 0 Å². The van der Waals surface area contributed by atoms with Crippen molar-refractivity contribution in [3.05, 3.63) is 59.2 Å². The fraction of sp³-hybridized carbons (Fsp3) is 0.514. The lowest BCUT2D eigenvalue weighted by atomic mass is 10.0. The van der Waals surface area contributed by atoms with Gasteiger partial charge in [-0.1, -0.05) is 33.8 Å². The van der Waals surface area contributed by atoms with Crippen LogP contribution in [-0.2, 0) is 35.4 Å². The Labute approximate surface area is 309 Å². The Kier molecular flexibility index (Phi) is 15.2. The van der Waals surface area contributed by atoms with E-state index in [4.69, 9.17) is 14.6 Å². The number of benzene rings is 2. The average Bonchev–Trinajstić information content (AvgIpc) is 3.56. The molecule has 1 aliphatic heterocycles. The number of hydrogen-bond donors (Lipinski definition) is 4. The molecule has 19 heteroatoms. The number of carbonyl (C=O) groups excluding carboxylic acids is 4. The number of alkyl carbamates (subject to hydrolysis) is 1.